The minimum Gasteiger partial charge on any atom is -1.00 e. The first-order chi connectivity index (χ1) is 33.3. The van der Waals surface area contributed by atoms with Crippen molar-refractivity contribution in [1.29, 1.82) is 10.5 Å². The smallest absolute Gasteiger partial charge is 1.00 e. The molecule has 2 N–H and O–H groups in total. The summed E-state index contributed by atoms with van der Waals surface area (Å²) in [5.74, 6) is 0.688. The molecule has 6 atom stereocenters. The van der Waals surface area contributed by atoms with Gasteiger partial charge in [0.25, 0.3) is 0 Å². The quantitative estimate of drug-likeness (QED) is 0.123. The number of allylic oxidation sites excluding steroid dienone is 2. The topological polar surface area (TPSA) is 106 Å². The molecule has 0 spiro atoms. The minimum atomic E-state index is -0.699. The van der Waals surface area contributed by atoms with Crippen molar-refractivity contribution in [2.75, 3.05) is 13.1 Å². The monoisotopic (exact) mass is 1120 g/mol. The summed E-state index contributed by atoms with van der Waals surface area (Å²) < 4.78 is 0. The maximum atomic E-state index is 13.4. The average molecular weight is 1120 g/mol. The molecule has 6 nitrogen and oxygen atoms in total. The van der Waals surface area contributed by atoms with Crippen LogP contribution in [-0.2, 0) is 21.3 Å². The molecule has 2 heterocycles. The standard InChI is InChI=1S/C28H21Cl3N2O.C20H16Cl3NO.C8H6BrN.Na.H/c29-21-7-5-19(6-8-21)24-11-20-16-33-27(34)28(20,13-17-1-3-18(15-32)4-2-17)14-25(24)23-10-9-22(30)12-26(23)31;21-13-3-1-11(2-4-13)16-7-12-10-24-20(25)17(12)9-18(16)15-6-5-14(22)8-19(15)23;9-5-7-1-3-8(6-10)4-2-7;;/h1-10,12,14,20,24H,11,13,16H2,(H,33,34);1-6,8-9,12,16-17H,7,10H2,(H,24,25);1-4H,5H2;;/q;;;+1;-1/t20-,24-,28-;12-,16-,17-;;;/m11.../s1. The van der Waals surface area contributed by atoms with E-state index < -0.39 is 5.41 Å². The number of nitrogens with zero attached hydrogens (tertiary/aromatic N) is 2. The molecule has 10 rings (SSSR count). The van der Waals surface area contributed by atoms with Gasteiger partial charge in [-0.25, -0.2) is 0 Å². The van der Waals surface area contributed by atoms with Gasteiger partial charge in [0.1, 0.15) is 0 Å². The van der Waals surface area contributed by atoms with E-state index in [0.717, 1.165) is 58.1 Å². The molecule has 70 heavy (non-hydrogen) atoms. The Morgan fingerprint density at radius 1 is 0.600 bits per heavy atom. The predicted molar refractivity (Wildman–Crippen MR) is 285 cm³/mol. The van der Waals surface area contributed by atoms with Crippen LogP contribution in [0, 0.1) is 45.8 Å². The molecule has 0 radical (unpaired) electrons. The van der Waals surface area contributed by atoms with E-state index in [0.29, 0.717) is 60.1 Å². The number of halogens is 7. The fourth-order valence-corrected chi connectivity index (χ4v) is 11.5. The Kier molecular flexibility index (Phi) is 18.5. The Hall–Kier alpha value is -4.06. The molecule has 0 unspecified atom stereocenters. The Bertz CT molecular complexity index is 3040. The number of carbonyl (C=O) groups excluding carboxylic acids is 2. The van der Waals surface area contributed by atoms with Crippen LogP contribution in [0.2, 0.25) is 30.1 Å². The number of fused-ring (bicyclic) bond motifs is 2. The van der Waals surface area contributed by atoms with E-state index in [4.69, 9.17) is 80.1 Å². The molecular weight excluding hydrogens is 1080 g/mol. The molecule has 2 aliphatic heterocycles. The SMILES string of the molecule is N#Cc1ccc(CBr)cc1.N#Cc1ccc(C[C@@]23C=C(c4ccc(Cl)cc4Cl)[C@@H](c4ccc(Cl)cc4)C[C@@H]2CNC3=O)cc1.O=C1NC[C@H]2C[C@H](c3ccc(Cl)cc3)C(c3ccc(Cl)cc3Cl)=C[C@@H]12.[H-].[Na+]. The second-order valence-electron chi connectivity index (χ2n) is 17.6. The zero-order chi connectivity index (χ0) is 48.8. The Morgan fingerprint density at radius 2 is 1.09 bits per heavy atom. The summed E-state index contributed by atoms with van der Waals surface area (Å²) in [4.78, 5) is 25.6. The van der Waals surface area contributed by atoms with E-state index in [2.05, 4.69) is 63.0 Å². The van der Waals surface area contributed by atoms with Crippen molar-refractivity contribution in [2.45, 2.75) is 36.4 Å². The Balaban J connectivity index is 0.000000195. The summed E-state index contributed by atoms with van der Waals surface area (Å²) >= 11 is 40.9. The Labute approximate surface area is 470 Å². The fourth-order valence-electron chi connectivity index (χ4n) is 9.88. The number of carbonyl (C=O) groups is 2. The number of amides is 2. The van der Waals surface area contributed by atoms with Crippen LogP contribution in [0.25, 0.3) is 11.1 Å². The maximum Gasteiger partial charge on any atom is 1.00 e. The molecule has 6 aromatic rings. The van der Waals surface area contributed by atoms with Gasteiger partial charge < -0.3 is 12.1 Å². The second kappa shape index (κ2) is 24.1. The van der Waals surface area contributed by atoms with Gasteiger partial charge in [-0.2, -0.15) is 10.5 Å². The molecule has 2 saturated heterocycles. The van der Waals surface area contributed by atoms with Gasteiger partial charge in [-0.05, 0) is 148 Å². The largest absolute Gasteiger partial charge is 1.00 e. The van der Waals surface area contributed by atoms with Crippen LogP contribution in [0.3, 0.4) is 0 Å². The Morgan fingerprint density at radius 3 is 1.59 bits per heavy atom. The van der Waals surface area contributed by atoms with Gasteiger partial charge in [-0.15, -0.1) is 0 Å². The average Bonchev–Trinajstić information content (AvgIpc) is 3.88. The number of hydrogen-bond donors (Lipinski definition) is 2. The van der Waals surface area contributed by atoms with Gasteiger partial charge in [0.05, 0.1) is 34.6 Å². The summed E-state index contributed by atoms with van der Waals surface area (Å²) in [5, 5.41) is 28.3. The molecule has 2 aliphatic carbocycles. The van der Waals surface area contributed by atoms with Crippen LogP contribution in [0.4, 0.5) is 0 Å². The molecular formula is C56H44BrCl6N4NaO2. The van der Waals surface area contributed by atoms with Crippen molar-refractivity contribution in [3.8, 4) is 12.1 Å². The van der Waals surface area contributed by atoms with Crippen LogP contribution < -0.4 is 40.2 Å². The number of nitriles is 2. The van der Waals surface area contributed by atoms with E-state index in [-0.39, 0.29) is 66.5 Å². The van der Waals surface area contributed by atoms with E-state index >= 15 is 0 Å². The van der Waals surface area contributed by atoms with Gasteiger partial charge in [0.15, 0.2) is 0 Å². The van der Waals surface area contributed by atoms with Crippen LogP contribution in [0.5, 0.6) is 0 Å². The zero-order valence-corrected chi connectivity index (χ0v) is 46.0. The third-order valence-electron chi connectivity index (χ3n) is 13.4. The molecule has 6 aromatic carbocycles. The first-order valence-electron chi connectivity index (χ1n) is 22.3. The van der Waals surface area contributed by atoms with Crippen LogP contribution in [0.15, 0.2) is 146 Å². The van der Waals surface area contributed by atoms with Gasteiger partial charge >= 0.3 is 29.6 Å². The summed E-state index contributed by atoms with van der Waals surface area (Å²) in [6.07, 6.45) is 6.47. The molecule has 4 aliphatic rings. The predicted octanol–water partition coefficient (Wildman–Crippen LogP) is 12.2. The normalized spacial score (nSPS) is 21.8. The van der Waals surface area contributed by atoms with Crippen molar-refractivity contribution in [3.63, 3.8) is 0 Å². The molecule has 2 fully saturated rings. The van der Waals surface area contributed by atoms with Gasteiger partial charge in [-0.3, -0.25) is 9.59 Å². The van der Waals surface area contributed by atoms with Gasteiger partial charge in [-0.1, -0.05) is 158 Å². The number of nitrogens with one attached hydrogen (secondary N) is 2. The van der Waals surface area contributed by atoms with Crippen molar-refractivity contribution < 1.29 is 40.6 Å². The minimum absolute atomic E-state index is 0. The summed E-state index contributed by atoms with van der Waals surface area (Å²) in [6.45, 7) is 1.35. The van der Waals surface area contributed by atoms with Crippen LogP contribution in [-0.4, -0.2) is 24.9 Å². The number of hydrogen-bond acceptors (Lipinski definition) is 4. The van der Waals surface area contributed by atoms with E-state index in [1.54, 1.807) is 24.3 Å². The molecule has 350 valence electrons. The van der Waals surface area contributed by atoms with Crippen molar-refractivity contribution in [3.05, 3.63) is 220 Å². The van der Waals surface area contributed by atoms with E-state index in [1.807, 2.05) is 97.1 Å². The van der Waals surface area contributed by atoms with Crippen molar-refractivity contribution in [2.24, 2.45) is 23.2 Å². The first kappa shape index (κ1) is 53.7. The fraction of sp³-hybridized carbons (Fsp3) is 0.214. The first-order valence-corrected chi connectivity index (χ1v) is 25.6. The number of benzene rings is 6. The third-order valence-corrected chi connectivity index (χ3v) is 15.7. The van der Waals surface area contributed by atoms with Crippen LogP contribution >= 0.6 is 85.5 Å². The molecule has 0 saturated carbocycles. The van der Waals surface area contributed by atoms with Gasteiger partial charge in [0, 0.05) is 60.4 Å². The summed E-state index contributed by atoms with van der Waals surface area (Å²) in [7, 11) is 0. The van der Waals surface area contributed by atoms with E-state index in [1.165, 1.54) is 11.1 Å². The molecule has 14 heteroatoms. The van der Waals surface area contributed by atoms with E-state index in [9.17, 15) is 9.59 Å². The van der Waals surface area contributed by atoms with Crippen molar-refractivity contribution in [1.82, 2.24) is 10.6 Å². The van der Waals surface area contributed by atoms with Gasteiger partial charge in [0.2, 0.25) is 11.8 Å². The third kappa shape index (κ3) is 12.2. The summed E-state index contributed by atoms with van der Waals surface area (Å²) in [6, 6.07) is 46.0. The molecule has 2 amide bonds. The van der Waals surface area contributed by atoms with Crippen molar-refractivity contribution >= 4 is 108 Å². The molecule has 0 aromatic heterocycles. The second-order valence-corrected chi connectivity index (χ2v) is 20.7. The summed E-state index contributed by atoms with van der Waals surface area (Å²) in [5.41, 5.74) is 9.06. The van der Waals surface area contributed by atoms with Crippen LogP contribution in [0.1, 0.15) is 70.6 Å². The number of alkyl halides is 1. The number of rotatable bonds is 7. The maximum absolute atomic E-state index is 13.4. The zero-order valence-electron chi connectivity index (χ0n) is 38.8. The molecule has 0 bridgehead atoms.